The lowest BCUT2D eigenvalue weighted by Gasteiger charge is -2.11. The summed E-state index contributed by atoms with van der Waals surface area (Å²) >= 11 is -2.88. The Bertz CT molecular complexity index is 743. The van der Waals surface area contributed by atoms with Crippen LogP contribution in [0.25, 0.3) is 0 Å². The van der Waals surface area contributed by atoms with Crippen molar-refractivity contribution < 1.29 is 25.5 Å². The van der Waals surface area contributed by atoms with Gasteiger partial charge in [0.25, 0.3) is 10.1 Å². The number of hydrogen-bond acceptors (Lipinski definition) is 5. The molecule has 0 heterocycles. The highest BCUT2D eigenvalue weighted by Gasteiger charge is 2.18. The van der Waals surface area contributed by atoms with E-state index in [1.54, 1.807) is 24.3 Å². The predicted molar refractivity (Wildman–Crippen MR) is 81.7 cm³/mol. The van der Waals surface area contributed by atoms with Crippen LogP contribution in [0.4, 0.5) is 0 Å². The number of ether oxygens (including phenoxy) is 1. The van der Waals surface area contributed by atoms with Gasteiger partial charge >= 0.3 is 11.4 Å². The van der Waals surface area contributed by atoms with Crippen LogP contribution in [0.15, 0.2) is 54.6 Å². The second kappa shape index (κ2) is 7.50. The Kier molecular flexibility index (Phi) is 5.67. The average Bonchev–Trinajstić information content (AvgIpc) is 2.45. The maximum absolute atomic E-state index is 11.6. The van der Waals surface area contributed by atoms with E-state index in [1.165, 1.54) is 0 Å². The van der Waals surface area contributed by atoms with Crippen molar-refractivity contribution in [2.24, 2.45) is 0 Å². The van der Waals surface area contributed by atoms with Crippen LogP contribution in [-0.2, 0) is 37.5 Å². The number of hydrogen-bond donors (Lipinski definition) is 1. The lowest BCUT2D eigenvalue weighted by molar-refractivity contribution is 0.303. The molecule has 1 N–H and O–H groups in total. The highest BCUT2D eigenvalue weighted by Crippen LogP contribution is 2.22. The molecule has 118 valence electrons. The predicted octanol–water partition coefficient (Wildman–Crippen LogP) is 2.25. The van der Waals surface area contributed by atoms with Crippen molar-refractivity contribution in [2.75, 3.05) is 0 Å². The number of rotatable bonds is 7. The molecule has 0 aliphatic heterocycles. The van der Waals surface area contributed by atoms with Crippen molar-refractivity contribution in [2.45, 2.75) is 12.4 Å². The summed E-state index contributed by atoms with van der Waals surface area (Å²) in [6.07, 6.45) is 0. The molecule has 0 spiro atoms. The highest BCUT2D eigenvalue weighted by molar-refractivity contribution is 7.94. The van der Waals surface area contributed by atoms with Gasteiger partial charge in [-0.2, -0.15) is 12.6 Å². The minimum absolute atomic E-state index is 0.282. The summed E-state index contributed by atoms with van der Waals surface area (Å²) in [5, 5.41) is 0. The third kappa shape index (κ3) is 5.23. The van der Waals surface area contributed by atoms with Gasteiger partial charge in [0, 0.05) is 5.56 Å². The van der Waals surface area contributed by atoms with Crippen LogP contribution in [0, 0.1) is 0 Å². The van der Waals surface area contributed by atoms with Crippen LogP contribution in [0.1, 0.15) is 11.1 Å². The molecular formula is C14H14O6S2. The SMILES string of the molecule is O=S(O)OS(=O)(=O)Cc1ccccc1OCc1ccccc1. The zero-order valence-corrected chi connectivity index (χ0v) is 13.0. The summed E-state index contributed by atoms with van der Waals surface area (Å²) in [7, 11) is -4.17. The van der Waals surface area contributed by atoms with Gasteiger partial charge < -0.3 is 4.74 Å². The second-order valence-corrected chi connectivity index (χ2v) is 6.75. The van der Waals surface area contributed by atoms with Gasteiger partial charge in [-0.05, 0) is 11.6 Å². The summed E-state index contributed by atoms with van der Waals surface area (Å²) < 4.78 is 51.8. The third-order valence-electron chi connectivity index (χ3n) is 2.70. The maximum Gasteiger partial charge on any atom is 0.317 e. The smallest absolute Gasteiger partial charge is 0.317 e. The molecule has 0 saturated heterocycles. The van der Waals surface area contributed by atoms with E-state index < -0.39 is 27.2 Å². The van der Waals surface area contributed by atoms with E-state index in [2.05, 4.69) is 3.63 Å². The lowest BCUT2D eigenvalue weighted by atomic mass is 10.2. The molecule has 1 unspecified atom stereocenters. The number of para-hydroxylation sites is 1. The Morgan fingerprint density at radius 3 is 2.32 bits per heavy atom. The molecule has 0 fully saturated rings. The van der Waals surface area contributed by atoms with Gasteiger partial charge in [0.1, 0.15) is 18.1 Å². The van der Waals surface area contributed by atoms with Crippen LogP contribution in [0.5, 0.6) is 5.75 Å². The van der Waals surface area contributed by atoms with Crippen LogP contribution >= 0.6 is 0 Å². The fraction of sp³-hybridized carbons (Fsp3) is 0.143. The van der Waals surface area contributed by atoms with Gasteiger partial charge in [0.2, 0.25) is 0 Å². The summed E-state index contributed by atoms with van der Waals surface area (Å²) in [6.45, 7) is 0.282. The first kappa shape index (κ1) is 16.6. The van der Waals surface area contributed by atoms with Crippen LogP contribution < -0.4 is 4.74 Å². The summed E-state index contributed by atoms with van der Waals surface area (Å²) in [5.74, 6) is -0.174. The standard InChI is InChI=1S/C14H14O6S2/c15-21(16)20-22(17,18)11-13-8-4-5-9-14(13)19-10-12-6-2-1-3-7-12/h1-9H,10-11H2,(H,15,16). The van der Waals surface area contributed by atoms with E-state index in [0.717, 1.165) is 5.56 Å². The van der Waals surface area contributed by atoms with Crippen molar-refractivity contribution in [3.05, 3.63) is 65.7 Å². The van der Waals surface area contributed by atoms with Gasteiger partial charge in [-0.15, -0.1) is 3.63 Å². The first-order valence-electron chi connectivity index (χ1n) is 6.24. The molecule has 1 atom stereocenters. The van der Waals surface area contributed by atoms with Gasteiger partial charge in [0.05, 0.1) is 0 Å². The van der Waals surface area contributed by atoms with Crippen LogP contribution in [-0.4, -0.2) is 17.2 Å². The van der Waals surface area contributed by atoms with Crippen molar-refractivity contribution in [3.63, 3.8) is 0 Å². The van der Waals surface area contributed by atoms with Crippen LogP contribution in [0.3, 0.4) is 0 Å². The van der Waals surface area contributed by atoms with Gasteiger partial charge in [-0.1, -0.05) is 48.5 Å². The van der Waals surface area contributed by atoms with Gasteiger partial charge in [0.15, 0.2) is 0 Å². The van der Waals surface area contributed by atoms with E-state index >= 15 is 0 Å². The first-order valence-corrected chi connectivity index (χ1v) is 8.85. The zero-order valence-electron chi connectivity index (χ0n) is 11.4. The minimum atomic E-state index is -4.17. The minimum Gasteiger partial charge on any atom is -0.489 e. The third-order valence-corrected chi connectivity index (χ3v) is 4.66. The molecule has 22 heavy (non-hydrogen) atoms. The molecule has 0 radical (unpaired) electrons. The monoisotopic (exact) mass is 342 g/mol. The Morgan fingerprint density at radius 1 is 1.00 bits per heavy atom. The highest BCUT2D eigenvalue weighted by atomic mass is 32.3. The molecule has 0 bridgehead atoms. The molecule has 0 aliphatic rings. The van der Waals surface area contributed by atoms with E-state index in [0.29, 0.717) is 11.3 Å². The van der Waals surface area contributed by atoms with Crippen molar-refractivity contribution in [1.29, 1.82) is 0 Å². The molecule has 0 saturated carbocycles. The van der Waals surface area contributed by atoms with E-state index in [9.17, 15) is 12.6 Å². The van der Waals surface area contributed by atoms with Gasteiger partial charge in [-0.25, -0.2) is 0 Å². The normalized spacial score (nSPS) is 12.8. The molecule has 2 aromatic carbocycles. The molecule has 8 heteroatoms. The molecule has 2 rings (SSSR count). The van der Waals surface area contributed by atoms with Crippen LogP contribution in [0.2, 0.25) is 0 Å². The maximum atomic E-state index is 11.6. The van der Waals surface area contributed by atoms with Crippen molar-refractivity contribution in [3.8, 4) is 5.75 Å². The first-order chi connectivity index (χ1) is 10.5. The summed E-state index contributed by atoms with van der Waals surface area (Å²) in [6, 6.07) is 16.0. The Labute approximate surface area is 131 Å². The van der Waals surface area contributed by atoms with E-state index in [-0.39, 0.29) is 6.61 Å². The van der Waals surface area contributed by atoms with Gasteiger partial charge in [-0.3, -0.25) is 4.55 Å². The van der Waals surface area contributed by atoms with E-state index in [4.69, 9.17) is 9.29 Å². The van der Waals surface area contributed by atoms with Crippen molar-refractivity contribution >= 4 is 21.5 Å². The quantitative estimate of drug-likeness (QED) is 0.776. The Hall–Kier alpha value is -1.74. The lowest BCUT2D eigenvalue weighted by Crippen LogP contribution is -2.11. The van der Waals surface area contributed by atoms with Crippen molar-refractivity contribution in [1.82, 2.24) is 0 Å². The number of benzene rings is 2. The molecule has 0 aromatic heterocycles. The molecule has 2 aromatic rings. The molecule has 6 nitrogen and oxygen atoms in total. The second-order valence-electron chi connectivity index (χ2n) is 4.37. The molecule has 0 aliphatic carbocycles. The summed E-state index contributed by atoms with van der Waals surface area (Å²) in [4.78, 5) is 0. The topological polar surface area (TPSA) is 89.9 Å². The fourth-order valence-corrected chi connectivity index (χ4v) is 3.32. The zero-order chi connectivity index (χ0) is 16.0. The molecular weight excluding hydrogens is 328 g/mol. The Morgan fingerprint density at radius 2 is 1.64 bits per heavy atom. The molecule has 0 amide bonds. The van der Waals surface area contributed by atoms with E-state index in [1.807, 2.05) is 30.3 Å². The summed E-state index contributed by atoms with van der Waals surface area (Å²) in [5.41, 5.74) is 1.29. The average molecular weight is 342 g/mol. The largest absolute Gasteiger partial charge is 0.489 e. The fourth-order valence-electron chi connectivity index (χ4n) is 1.80. The Balaban J connectivity index is 2.11.